The monoisotopic (exact) mass is 305 g/mol. The first-order valence-electron chi connectivity index (χ1n) is 7.88. The number of piperidine rings is 1. The Labute approximate surface area is 131 Å². The van der Waals surface area contributed by atoms with Crippen LogP contribution in [-0.4, -0.2) is 49.0 Å². The smallest absolute Gasteiger partial charge is 0.263 e. The summed E-state index contributed by atoms with van der Waals surface area (Å²) in [6.07, 6.45) is 0.980. The van der Waals surface area contributed by atoms with E-state index in [0.717, 1.165) is 18.6 Å². The van der Waals surface area contributed by atoms with Gasteiger partial charge in [0.2, 0.25) is 0 Å². The minimum absolute atomic E-state index is 0.0217. The zero-order valence-corrected chi connectivity index (χ0v) is 13.2. The largest absolute Gasteiger partial charge is 0.481 e. The van der Waals surface area contributed by atoms with Crippen LogP contribution < -0.4 is 4.74 Å². The highest BCUT2D eigenvalue weighted by Crippen LogP contribution is 2.31. The third-order valence-corrected chi connectivity index (χ3v) is 4.33. The topological polar surface area (TPSA) is 48.0 Å². The number of aryl methyl sites for hydroxylation is 1. The summed E-state index contributed by atoms with van der Waals surface area (Å²) in [7, 11) is 0. The quantitative estimate of drug-likeness (QED) is 0.858. The molecule has 1 aromatic rings. The summed E-state index contributed by atoms with van der Waals surface area (Å²) in [4.78, 5) is 14.3. The van der Waals surface area contributed by atoms with Gasteiger partial charge in [0.15, 0.2) is 11.9 Å². The molecule has 1 spiro atoms. The first kappa shape index (κ1) is 15.3. The van der Waals surface area contributed by atoms with Crippen LogP contribution in [0.4, 0.5) is 0 Å². The maximum atomic E-state index is 12.5. The van der Waals surface area contributed by atoms with E-state index in [1.54, 1.807) is 6.92 Å². The molecule has 1 amide bonds. The van der Waals surface area contributed by atoms with Crippen LogP contribution >= 0.6 is 0 Å². The molecule has 2 fully saturated rings. The van der Waals surface area contributed by atoms with Crippen molar-refractivity contribution in [3.05, 3.63) is 29.8 Å². The fraction of sp³-hybridized carbons (Fsp3) is 0.588. The summed E-state index contributed by atoms with van der Waals surface area (Å²) < 4.78 is 17.1. The summed E-state index contributed by atoms with van der Waals surface area (Å²) in [5.41, 5.74) is 1.17. The third-order valence-electron chi connectivity index (χ3n) is 4.33. The zero-order valence-electron chi connectivity index (χ0n) is 13.2. The Morgan fingerprint density at radius 1 is 1.18 bits per heavy atom. The van der Waals surface area contributed by atoms with E-state index in [2.05, 4.69) is 0 Å². The van der Waals surface area contributed by atoms with E-state index in [1.807, 2.05) is 36.1 Å². The van der Waals surface area contributed by atoms with Gasteiger partial charge >= 0.3 is 0 Å². The number of rotatable bonds is 3. The normalized spacial score (nSPS) is 21.8. The fourth-order valence-electron chi connectivity index (χ4n) is 2.98. The number of carbonyl (C=O) groups is 1. The van der Waals surface area contributed by atoms with Crippen molar-refractivity contribution >= 4 is 5.91 Å². The molecule has 0 aromatic heterocycles. The number of benzene rings is 1. The van der Waals surface area contributed by atoms with E-state index < -0.39 is 11.9 Å². The molecule has 5 nitrogen and oxygen atoms in total. The van der Waals surface area contributed by atoms with Crippen molar-refractivity contribution in [1.29, 1.82) is 0 Å². The molecule has 0 radical (unpaired) electrons. The number of likely N-dealkylation sites (tertiary alicyclic amines) is 1. The molecule has 0 N–H and O–H groups in total. The van der Waals surface area contributed by atoms with Gasteiger partial charge in [-0.3, -0.25) is 4.79 Å². The van der Waals surface area contributed by atoms with Crippen LogP contribution in [-0.2, 0) is 14.3 Å². The molecule has 2 aliphatic rings. The number of carbonyl (C=O) groups excluding carboxylic acids is 1. The lowest BCUT2D eigenvalue weighted by atomic mass is 10.0. The maximum Gasteiger partial charge on any atom is 0.263 e. The number of nitrogens with zero attached hydrogens (tertiary/aromatic N) is 1. The van der Waals surface area contributed by atoms with Gasteiger partial charge in [-0.15, -0.1) is 0 Å². The Hall–Kier alpha value is -1.59. The standard InChI is InChI=1S/C17H23NO4/c1-13-3-5-15(6-4-13)22-14(2)16(19)18-9-7-17(8-10-18)20-11-12-21-17/h3-6,14H,7-12H2,1-2H3/t14-/m0/s1. The van der Waals surface area contributed by atoms with Crippen LogP contribution in [0.2, 0.25) is 0 Å². The molecule has 0 aliphatic carbocycles. The van der Waals surface area contributed by atoms with Crippen molar-refractivity contribution in [2.24, 2.45) is 0 Å². The van der Waals surface area contributed by atoms with Crippen LogP contribution in [0.5, 0.6) is 5.75 Å². The first-order valence-corrected chi connectivity index (χ1v) is 7.88. The minimum atomic E-state index is -0.484. The minimum Gasteiger partial charge on any atom is -0.481 e. The molecule has 3 rings (SSSR count). The predicted molar refractivity (Wildman–Crippen MR) is 81.7 cm³/mol. The van der Waals surface area contributed by atoms with Crippen LogP contribution in [0.1, 0.15) is 25.3 Å². The molecular weight excluding hydrogens is 282 g/mol. The van der Waals surface area contributed by atoms with Gasteiger partial charge in [-0.25, -0.2) is 0 Å². The fourth-order valence-corrected chi connectivity index (χ4v) is 2.98. The Bertz CT molecular complexity index is 512. The van der Waals surface area contributed by atoms with Crippen molar-refractivity contribution in [1.82, 2.24) is 4.90 Å². The lowest BCUT2D eigenvalue weighted by molar-refractivity contribution is -0.188. The summed E-state index contributed by atoms with van der Waals surface area (Å²) in [5, 5.41) is 0. The van der Waals surface area contributed by atoms with Gasteiger partial charge in [0.05, 0.1) is 13.2 Å². The zero-order chi connectivity index (χ0) is 15.6. The van der Waals surface area contributed by atoms with Crippen molar-refractivity contribution in [2.45, 2.75) is 38.6 Å². The summed E-state index contributed by atoms with van der Waals surface area (Å²) in [6, 6.07) is 7.74. The highest BCUT2D eigenvalue weighted by molar-refractivity contribution is 5.81. The molecule has 22 heavy (non-hydrogen) atoms. The number of ether oxygens (including phenoxy) is 3. The second-order valence-electron chi connectivity index (χ2n) is 6.01. The molecule has 0 saturated carbocycles. The van der Waals surface area contributed by atoms with Crippen molar-refractivity contribution in [2.75, 3.05) is 26.3 Å². The van der Waals surface area contributed by atoms with Gasteiger partial charge in [0.25, 0.3) is 5.91 Å². The van der Waals surface area contributed by atoms with Gasteiger partial charge in [-0.2, -0.15) is 0 Å². The Morgan fingerprint density at radius 3 is 2.36 bits per heavy atom. The molecule has 2 aliphatic heterocycles. The van der Waals surface area contributed by atoms with Gasteiger partial charge in [-0.05, 0) is 26.0 Å². The molecule has 5 heteroatoms. The van der Waals surface area contributed by atoms with Gasteiger partial charge in [0, 0.05) is 25.9 Å². The van der Waals surface area contributed by atoms with Gasteiger partial charge in [-0.1, -0.05) is 17.7 Å². The van der Waals surface area contributed by atoms with Crippen LogP contribution in [0.25, 0.3) is 0 Å². The highest BCUT2D eigenvalue weighted by atomic mass is 16.7. The number of hydrogen-bond acceptors (Lipinski definition) is 4. The molecule has 0 bridgehead atoms. The number of hydrogen-bond donors (Lipinski definition) is 0. The highest BCUT2D eigenvalue weighted by Gasteiger charge is 2.41. The number of amides is 1. The van der Waals surface area contributed by atoms with E-state index in [-0.39, 0.29) is 5.91 Å². The lowest BCUT2D eigenvalue weighted by Gasteiger charge is -2.38. The molecule has 1 atom stereocenters. The Kier molecular flexibility index (Phi) is 4.36. The van der Waals surface area contributed by atoms with Gasteiger partial charge < -0.3 is 19.1 Å². The molecule has 2 saturated heterocycles. The second-order valence-corrected chi connectivity index (χ2v) is 6.01. The van der Waals surface area contributed by atoms with Crippen molar-refractivity contribution < 1.29 is 19.0 Å². The third kappa shape index (κ3) is 3.25. The maximum absolute atomic E-state index is 12.5. The van der Waals surface area contributed by atoms with E-state index >= 15 is 0 Å². The summed E-state index contributed by atoms with van der Waals surface area (Å²) >= 11 is 0. The Morgan fingerprint density at radius 2 is 1.77 bits per heavy atom. The average Bonchev–Trinajstić information content (AvgIpc) is 2.98. The van der Waals surface area contributed by atoms with Crippen LogP contribution in [0, 0.1) is 6.92 Å². The van der Waals surface area contributed by atoms with Crippen molar-refractivity contribution in [3.8, 4) is 5.75 Å². The summed E-state index contributed by atoms with van der Waals surface area (Å²) in [5.74, 6) is 0.300. The predicted octanol–water partition coefficient (Wildman–Crippen LogP) is 2.13. The molecule has 2 heterocycles. The SMILES string of the molecule is Cc1ccc(O[C@@H](C)C(=O)N2CCC3(CC2)OCCO3)cc1. The van der Waals surface area contributed by atoms with E-state index in [4.69, 9.17) is 14.2 Å². The summed E-state index contributed by atoms with van der Waals surface area (Å²) in [6.45, 7) is 6.44. The van der Waals surface area contributed by atoms with E-state index in [9.17, 15) is 4.79 Å². The molecule has 1 aromatic carbocycles. The lowest BCUT2D eigenvalue weighted by Crippen LogP contribution is -2.50. The van der Waals surface area contributed by atoms with Gasteiger partial charge in [0.1, 0.15) is 5.75 Å². The average molecular weight is 305 g/mol. The van der Waals surface area contributed by atoms with Crippen molar-refractivity contribution in [3.63, 3.8) is 0 Å². The van der Waals surface area contributed by atoms with E-state index in [1.165, 1.54) is 5.56 Å². The second kappa shape index (κ2) is 6.26. The molecular formula is C17H23NO4. The van der Waals surface area contributed by atoms with Crippen LogP contribution in [0.15, 0.2) is 24.3 Å². The molecule has 0 unspecified atom stereocenters. The first-order chi connectivity index (χ1) is 10.6. The van der Waals surface area contributed by atoms with Crippen LogP contribution in [0.3, 0.4) is 0 Å². The molecule has 120 valence electrons. The Balaban J connectivity index is 1.54. The van der Waals surface area contributed by atoms with E-state index in [0.29, 0.717) is 26.3 Å².